The van der Waals surface area contributed by atoms with Gasteiger partial charge in [0, 0.05) is 12.3 Å². The van der Waals surface area contributed by atoms with Crippen LogP contribution in [-0.2, 0) is 16.0 Å². The van der Waals surface area contributed by atoms with Crippen LogP contribution in [0.25, 0.3) is 0 Å². The standard InChI is InChI=1S/C14H15BrF3NO3/c1-7(4-8-2-3-10(16)9(15)5-8)13(20)19-11(14(21)22)6-12(17)18/h2-3,5,7,11-12H,4,6H2,1H3,(H,19,20)(H,21,22). The lowest BCUT2D eigenvalue weighted by Crippen LogP contribution is -2.44. The van der Waals surface area contributed by atoms with Crippen LogP contribution in [0, 0.1) is 11.7 Å². The minimum atomic E-state index is -2.83. The minimum Gasteiger partial charge on any atom is -0.480 e. The van der Waals surface area contributed by atoms with Gasteiger partial charge in [0.1, 0.15) is 11.9 Å². The van der Waals surface area contributed by atoms with Crippen LogP contribution < -0.4 is 5.32 Å². The van der Waals surface area contributed by atoms with E-state index in [4.69, 9.17) is 5.11 Å². The van der Waals surface area contributed by atoms with Crippen LogP contribution in [0.4, 0.5) is 13.2 Å². The van der Waals surface area contributed by atoms with Crippen molar-refractivity contribution in [2.75, 3.05) is 0 Å². The fourth-order valence-corrected chi connectivity index (χ4v) is 2.25. The fraction of sp³-hybridized carbons (Fsp3) is 0.429. The highest BCUT2D eigenvalue weighted by Crippen LogP contribution is 2.19. The number of carboxylic acid groups (broad SMARTS) is 1. The molecule has 0 aliphatic carbocycles. The number of rotatable bonds is 7. The average Bonchev–Trinajstić information content (AvgIpc) is 2.41. The Morgan fingerprint density at radius 2 is 2.00 bits per heavy atom. The van der Waals surface area contributed by atoms with Gasteiger partial charge >= 0.3 is 5.97 Å². The number of nitrogens with one attached hydrogen (secondary N) is 1. The van der Waals surface area contributed by atoms with Gasteiger partial charge < -0.3 is 10.4 Å². The highest BCUT2D eigenvalue weighted by molar-refractivity contribution is 9.10. The van der Waals surface area contributed by atoms with E-state index in [1.807, 2.05) is 0 Å². The van der Waals surface area contributed by atoms with E-state index in [0.717, 1.165) is 0 Å². The molecule has 2 atom stereocenters. The molecule has 2 N–H and O–H groups in total. The van der Waals surface area contributed by atoms with Crippen molar-refractivity contribution in [2.24, 2.45) is 5.92 Å². The summed E-state index contributed by atoms with van der Waals surface area (Å²) in [6.07, 6.45) is -3.55. The maximum Gasteiger partial charge on any atom is 0.326 e. The molecule has 1 aromatic rings. The van der Waals surface area contributed by atoms with Gasteiger partial charge in [0.2, 0.25) is 12.3 Å². The number of amides is 1. The van der Waals surface area contributed by atoms with E-state index in [9.17, 15) is 22.8 Å². The lowest BCUT2D eigenvalue weighted by molar-refractivity contribution is -0.143. The Hall–Kier alpha value is -1.57. The van der Waals surface area contributed by atoms with E-state index in [2.05, 4.69) is 21.2 Å². The van der Waals surface area contributed by atoms with Crippen LogP contribution in [0.2, 0.25) is 0 Å². The second kappa shape index (κ2) is 8.17. The molecule has 1 aromatic carbocycles. The first kappa shape index (κ1) is 18.5. The number of alkyl halides is 2. The van der Waals surface area contributed by atoms with Gasteiger partial charge in [0.25, 0.3) is 0 Å². The predicted octanol–water partition coefficient (Wildman–Crippen LogP) is 2.99. The fourth-order valence-electron chi connectivity index (χ4n) is 1.83. The molecule has 0 saturated carbocycles. The Morgan fingerprint density at radius 1 is 1.36 bits per heavy atom. The zero-order valence-corrected chi connectivity index (χ0v) is 13.2. The van der Waals surface area contributed by atoms with Gasteiger partial charge in [-0.05, 0) is 40.0 Å². The van der Waals surface area contributed by atoms with Crippen molar-refractivity contribution >= 4 is 27.8 Å². The molecule has 0 aliphatic heterocycles. The Kier molecular flexibility index (Phi) is 6.86. The van der Waals surface area contributed by atoms with E-state index < -0.39 is 42.5 Å². The number of carboxylic acids is 1. The number of hydrogen-bond acceptors (Lipinski definition) is 2. The molecule has 1 rings (SSSR count). The summed E-state index contributed by atoms with van der Waals surface area (Å²) in [5.74, 6) is -3.24. The Morgan fingerprint density at radius 3 is 2.50 bits per heavy atom. The molecule has 0 bridgehead atoms. The van der Waals surface area contributed by atoms with Crippen LogP contribution in [0.3, 0.4) is 0 Å². The molecule has 22 heavy (non-hydrogen) atoms. The van der Waals surface area contributed by atoms with Gasteiger partial charge in [0.05, 0.1) is 4.47 Å². The average molecular weight is 382 g/mol. The van der Waals surface area contributed by atoms with Crippen LogP contribution in [0.1, 0.15) is 18.9 Å². The molecule has 122 valence electrons. The molecule has 0 heterocycles. The molecule has 0 fully saturated rings. The summed E-state index contributed by atoms with van der Waals surface area (Å²) in [7, 11) is 0. The summed E-state index contributed by atoms with van der Waals surface area (Å²) in [5, 5.41) is 10.9. The van der Waals surface area contributed by atoms with Crippen LogP contribution in [0.5, 0.6) is 0 Å². The third-order valence-corrected chi connectivity index (χ3v) is 3.61. The molecular weight excluding hydrogens is 367 g/mol. The molecule has 1 amide bonds. The van der Waals surface area contributed by atoms with Gasteiger partial charge in [-0.3, -0.25) is 4.79 Å². The normalized spacial score (nSPS) is 13.7. The molecule has 0 aliphatic rings. The summed E-state index contributed by atoms with van der Waals surface area (Å²) in [6, 6.07) is 2.61. The predicted molar refractivity (Wildman–Crippen MR) is 77.2 cm³/mol. The minimum absolute atomic E-state index is 0.228. The zero-order chi connectivity index (χ0) is 16.9. The molecular formula is C14H15BrF3NO3. The third-order valence-electron chi connectivity index (χ3n) is 3.00. The Bertz CT molecular complexity index is 554. The van der Waals surface area contributed by atoms with Gasteiger partial charge in [0.15, 0.2) is 0 Å². The maximum absolute atomic E-state index is 13.1. The molecule has 2 unspecified atom stereocenters. The summed E-state index contributed by atoms with van der Waals surface area (Å²) in [5.41, 5.74) is 0.664. The van der Waals surface area contributed by atoms with E-state index >= 15 is 0 Å². The second-order valence-corrected chi connectivity index (χ2v) is 5.73. The Labute approximate surface area is 133 Å². The number of carbonyl (C=O) groups is 2. The van der Waals surface area contributed by atoms with Gasteiger partial charge in [-0.15, -0.1) is 0 Å². The molecule has 0 radical (unpaired) electrons. The number of carbonyl (C=O) groups excluding carboxylic acids is 1. The Balaban J connectivity index is 2.67. The molecule has 0 saturated heterocycles. The smallest absolute Gasteiger partial charge is 0.326 e. The summed E-state index contributed by atoms with van der Waals surface area (Å²) < 4.78 is 37.9. The second-order valence-electron chi connectivity index (χ2n) is 4.88. The summed E-state index contributed by atoms with van der Waals surface area (Å²) in [4.78, 5) is 22.7. The van der Waals surface area contributed by atoms with Crippen molar-refractivity contribution in [3.05, 3.63) is 34.1 Å². The number of aliphatic carboxylic acids is 1. The number of benzene rings is 1. The lowest BCUT2D eigenvalue weighted by Gasteiger charge is -2.17. The van der Waals surface area contributed by atoms with Crippen molar-refractivity contribution in [2.45, 2.75) is 32.2 Å². The van der Waals surface area contributed by atoms with E-state index in [-0.39, 0.29) is 10.9 Å². The lowest BCUT2D eigenvalue weighted by atomic mass is 10.00. The van der Waals surface area contributed by atoms with E-state index in [1.54, 1.807) is 0 Å². The maximum atomic E-state index is 13.1. The quantitative estimate of drug-likeness (QED) is 0.762. The van der Waals surface area contributed by atoms with Crippen LogP contribution in [0.15, 0.2) is 22.7 Å². The third kappa shape index (κ3) is 5.67. The monoisotopic (exact) mass is 381 g/mol. The highest BCUT2D eigenvalue weighted by Gasteiger charge is 2.26. The number of halogens is 4. The topological polar surface area (TPSA) is 66.4 Å². The van der Waals surface area contributed by atoms with Crippen molar-refractivity contribution < 1.29 is 27.9 Å². The van der Waals surface area contributed by atoms with Crippen LogP contribution >= 0.6 is 15.9 Å². The van der Waals surface area contributed by atoms with Crippen molar-refractivity contribution in [1.82, 2.24) is 5.32 Å². The van der Waals surface area contributed by atoms with Gasteiger partial charge in [-0.25, -0.2) is 18.0 Å². The molecule has 8 heteroatoms. The first-order chi connectivity index (χ1) is 10.2. The molecule has 4 nitrogen and oxygen atoms in total. The van der Waals surface area contributed by atoms with Crippen molar-refractivity contribution in [3.63, 3.8) is 0 Å². The number of hydrogen-bond donors (Lipinski definition) is 2. The SMILES string of the molecule is CC(Cc1ccc(F)c(Br)c1)C(=O)NC(CC(F)F)C(=O)O. The highest BCUT2D eigenvalue weighted by atomic mass is 79.9. The summed E-state index contributed by atoms with van der Waals surface area (Å²) >= 11 is 3.02. The van der Waals surface area contributed by atoms with Crippen molar-refractivity contribution in [3.8, 4) is 0 Å². The van der Waals surface area contributed by atoms with Gasteiger partial charge in [-0.1, -0.05) is 13.0 Å². The zero-order valence-electron chi connectivity index (χ0n) is 11.7. The largest absolute Gasteiger partial charge is 0.480 e. The molecule has 0 aromatic heterocycles. The van der Waals surface area contributed by atoms with Crippen molar-refractivity contribution in [1.29, 1.82) is 0 Å². The van der Waals surface area contributed by atoms with Gasteiger partial charge in [-0.2, -0.15) is 0 Å². The van der Waals surface area contributed by atoms with Crippen LogP contribution in [-0.4, -0.2) is 29.5 Å². The van der Waals surface area contributed by atoms with E-state index in [0.29, 0.717) is 5.56 Å². The first-order valence-electron chi connectivity index (χ1n) is 6.46. The van der Waals surface area contributed by atoms with E-state index in [1.165, 1.54) is 25.1 Å². The first-order valence-corrected chi connectivity index (χ1v) is 7.25. The summed E-state index contributed by atoms with van der Waals surface area (Å²) in [6.45, 7) is 1.54. The molecule has 0 spiro atoms.